The highest BCUT2D eigenvalue weighted by atomic mass is 35.5. The Morgan fingerprint density at radius 1 is 1.53 bits per heavy atom. The molecule has 0 aromatic heterocycles. The average molecular weight is 256 g/mol. The van der Waals surface area contributed by atoms with Crippen LogP contribution in [-0.4, -0.2) is 19.9 Å². The Kier molecular flexibility index (Phi) is 4.97. The van der Waals surface area contributed by atoms with Crippen LogP contribution in [0.15, 0.2) is 12.1 Å². The molecule has 1 aromatic carbocycles. The van der Waals surface area contributed by atoms with Crippen molar-refractivity contribution in [1.29, 1.82) is 0 Å². The zero-order valence-electron chi connectivity index (χ0n) is 10.6. The predicted molar refractivity (Wildman–Crippen MR) is 69.8 cm³/mol. The van der Waals surface area contributed by atoms with Crippen LogP contribution < -0.4 is 10.1 Å². The monoisotopic (exact) mass is 255 g/mol. The summed E-state index contributed by atoms with van der Waals surface area (Å²) in [5.41, 5.74) is 2.10. The number of halogens is 1. The summed E-state index contributed by atoms with van der Waals surface area (Å²) in [7, 11) is 3.43. The fourth-order valence-electron chi connectivity index (χ4n) is 1.86. The Bertz CT molecular complexity index is 418. The zero-order chi connectivity index (χ0) is 13.0. The summed E-state index contributed by atoms with van der Waals surface area (Å²) in [6.45, 7) is 3.57. The molecule has 1 N–H and O–H groups in total. The maximum atomic E-state index is 11.2. The molecule has 4 heteroatoms. The predicted octanol–water partition coefficient (Wildman–Crippen LogP) is 2.90. The van der Waals surface area contributed by atoms with Crippen molar-refractivity contribution >= 4 is 17.4 Å². The maximum absolute atomic E-state index is 11.2. The van der Waals surface area contributed by atoms with Gasteiger partial charge in [-0.2, -0.15) is 0 Å². The van der Waals surface area contributed by atoms with Crippen LogP contribution in [0.5, 0.6) is 5.75 Å². The number of rotatable bonds is 5. The number of aryl methyl sites for hydroxylation is 1. The highest BCUT2D eigenvalue weighted by Crippen LogP contribution is 2.31. The molecule has 1 rings (SSSR count). The zero-order valence-corrected chi connectivity index (χ0v) is 11.4. The first-order chi connectivity index (χ1) is 7.99. The first-order valence-electron chi connectivity index (χ1n) is 5.50. The molecule has 0 heterocycles. The second-order valence-corrected chi connectivity index (χ2v) is 4.50. The van der Waals surface area contributed by atoms with E-state index in [1.165, 1.54) is 0 Å². The SMILES string of the molecule is CNC(CC(C)=O)c1cc(Cl)c(OC)cc1C. The van der Waals surface area contributed by atoms with E-state index in [0.717, 1.165) is 11.1 Å². The van der Waals surface area contributed by atoms with Crippen molar-refractivity contribution in [1.82, 2.24) is 5.32 Å². The van der Waals surface area contributed by atoms with Crippen molar-refractivity contribution in [2.75, 3.05) is 14.2 Å². The number of nitrogens with one attached hydrogen (secondary N) is 1. The lowest BCUT2D eigenvalue weighted by Gasteiger charge is -2.19. The van der Waals surface area contributed by atoms with E-state index in [1.807, 2.05) is 26.1 Å². The standard InChI is InChI=1S/C13H18ClNO2/c1-8-5-13(17-4)11(14)7-10(8)12(15-3)6-9(2)16/h5,7,12,15H,6H2,1-4H3. The normalized spacial score (nSPS) is 12.3. The van der Waals surface area contributed by atoms with Crippen molar-refractivity contribution in [3.05, 3.63) is 28.3 Å². The number of benzene rings is 1. The van der Waals surface area contributed by atoms with Gasteiger partial charge in [0.15, 0.2) is 0 Å². The quantitative estimate of drug-likeness (QED) is 0.879. The molecule has 17 heavy (non-hydrogen) atoms. The number of ketones is 1. The minimum atomic E-state index is -0.00379. The van der Waals surface area contributed by atoms with Gasteiger partial charge in [-0.25, -0.2) is 0 Å². The summed E-state index contributed by atoms with van der Waals surface area (Å²) < 4.78 is 5.16. The molecule has 0 aliphatic carbocycles. The smallest absolute Gasteiger partial charge is 0.137 e. The van der Waals surface area contributed by atoms with E-state index in [4.69, 9.17) is 16.3 Å². The summed E-state index contributed by atoms with van der Waals surface area (Å²) in [6.07, 6.45) is 0.458. The van der Waals surface area contributed by atoms with E-state index in [9.17, 15) is 4.79 Å². The molecule has 1 aromatic rings. The van der Waals surface area contributed by atoms with E-state index in [1.54, 1.807) is 14.0 Å². The minimum Gasteiger partial charge on any atom is -0.495 e. The summed E-state index contributed by atoms with van der Waals surface area (Å²) >= 11 is 6.10. The third kappa shape index (κ3) is 3.45. The molecule has 0 saturated heterocycles. The van der Waals surface area contributed by atoms with Gasteiger partial charge in [0.05, 0.1) is 12.1 Å². The van der Waals surface area contributed by atoms with Crippen LogP contribution in [0.4, 0.5) is 0 Å². The molecule has 1 atom stereocenters. The van der Waals surface area contributed by atoms with Gasteiger partial charge in [-0.1, -0.05) is 11.6 Å². The second-order valence-electron chi connectivity index (χ2n) is 4.09. The van der Waals surface area contributed by atoms with Crippen molar-refractivity contribution in [3.8, 4) is 5.75 Å². The summed E-state index contributed by atoms with van der Waals surface area (Å²) in [6, 6.07) is 3.75. The molecule has 1 unspecified atom stereocenters. The van der Waals surface area contributed by atoms with Crippen LogP contribution in [0.3, 0.4) is 0 Å². The Hall–Kier alpha value is -1.06. The average Bonchev–Trinajstić information content (AvgIpc) is 2.28. The lowest BCUT2D eigenvalue weighted by molar-refractivity contribution is -0.117. The largest absolute Gasteiger partial charge is 0.495 e. The number of hydrogen-bond donors (Lipinski definition) is 1. The van der Waals surface area contributed by atoms with Crippen LogP contribution in [-0.2, 0) is 4.79 Å². The van der Waals surface area contributed by atoms with Crippen molar-refractivity contribution in [3.63, 3.8) is 0 Å². The first kappa shape index (κ1) is 14.0. The molecule has 0 saturated carbocycles. The van der Waals surface area contributed by atoms with Gasteiger partial charge in [-0.15, -0.1) is 0 Å². The van der Waals surface area contributed by atoms with E-state index in [2.05, 4.69) is 5.32 Å². The molecule has 0 aliphatic rings. The van der Waals surface area contributed by atoms with Crippen molar-refractivity contribution in [2.24, 2.45) is 0 Å². The number of carbonyl (C=O) groups excluding carboxylic acids is 1. The Morgan fingerprint density at radius 2 is 2.18 bits per heavy atom. The van der Waals surface area contributed by atoms with E-state index in [-0.39, 0.29) is 11.8 Å². The molecular formula is C13H18ClNO2. The van der Waals surface area contributed by atoms with Gasteiger partial charge in [-0.3, -0.25) is 4.79 Å². The van der Waals surface area contributed by atoms with Crippen LogP contribution in [0, 0.1) is 6.92 Å². The molecule has 0 aliphatic heterocycles. The van der Waals surface area contributed by atoms with Gasteiger partial charge in [0.25, 0.3) is 0 Å². The summed E-state index contributed by atoms with van der Waals surface area (Å²) in [4.78, 5) is 11.2. The Labute approximate surface area is 107 Å². The Morgan fingerprint density at radius 3 is 2.65 bits per heavy atom. The van der Waals surface area contributed by atoms with Crippen LogP contribution >= 0.6 is 11.6 Å². The fourth-order valence-corrected chi connectivity index (χ4v) is 2.11. The van der Waals surface area contributed by atoms with Gasteiger partial charge in [0, 0.05) is 12.5 Å². The highest BCUT2D eigenvalue weighted by Gasteiger charge is 2.16. The summed E-state index contributed by atoms with van der Waals surface area (Å²) in [5, 5.41) is 3.70. The lowest BCUT2D eigenvalue weighted by Crippen LogP contribution is -2.20. The molecule has 3 nitrogen and oxygen atoms in total. The van der Waals surface area contributed by atoms with Gasteiger partial charge in [0.1, 0.15) is 11.5 Å². The number of carbonyl (C=O) groups is 1. The first-order valence-corrected chi connectivity index (χ1v) is 5.88. The van der Waals surface area contributed by atoms with E-state index >= 15 is 0 Å². The molecule has 0 bridgehead atoms. The van der Waals surface area contributed by atoms with Crippen LogP contribution in [0.25, 0.3) is 0 Å². The Balaban J connectivity index is 3.11. The molecular weight excluding hydrogens is 238 g/mol. The van der Waals surface area contributed by atoms with Gasteiger partial charge >= 0.3 is 0 Å². The minimum absolute atomic E-state index is 0.00379. The molecule has 94 valence electrons. The topological polar surface area (TPSA) is 38.3 Å². The lowest BCUT2D eigenvalue weighted by atomic mass is 9.97. The second kappa shape index (κ2) is 6.03. The van der Waals surface area contributed by atoms with Gasteiger partial charge in [0.2, 0.25) is 0 Å². The molecule has 0 radical (unpaired) electrons. The number of Topliss-reactive ketones (excluding diaryl/α,β-unsaturated/α-hetero) is 1. The number of ether oxygens (including phenoxy) is 1. The van der Waals surface area contributed by atoms with E-state index in [0.29, 0.717) is 17.2 Å². The maximum Gasteiger partial charge on any atom is 0.137 e. The van der Waals surface area contributed by atoms with Crippen molar-refractivity contribution in [2.45, 2.75) is 26.3 Å². The van der Waals surface area contributed by atoms with E-state index < -0.39 is 0 Å². The molecule has 0 spiro atoms. The number of hydrogen-bond acceptors (Lipinski definition) is 3. The third-order valence-electron chi connectivity index (χ3n) is 2.76. The number of methoxy groups -OCH3 is 1. The molecule has 0 fully saturated rings. The molecule has 0 amide bonds. The highest BCUT2D eigenvalue weighted by molar-refractivity contribution is 6.32. The van der Waals surface area contributed by atoms with Gasteiger partial charge in [-0.05, 0) is 44.2 Å². The summed E-state index contributed by atoms with van der Waals surface area (Å²) in [5.74, 6) is 0.807. The van der Waals surface area contributed by atoms with Crippen LogP contribution in [0.1, 0.15) is 30.5 Å². The van der Waals surface area contributed by atoms with Gasteiger partial charge < -0.3 is 10.1 Å². The fraction of sp³-hybridized carbons (Fsp3) is 0.462. The van der Waals surface area contributed by atoms with Crippen LogP contribution in [0.2, 0.25) is 5.02 Å². The van der Waals surface area contributed by atoms with Crippen molar-refractivity contribution < 1.29 is 9.53 Å². The third-order valence-corrected chi connectivity index (χ3v) is 3.05.